The number of benzene rings is 2. The lowest BCUT2D eigenvalue weighted by atomic mass is 9.79. The van der Waals surface area contributed by atoms with E-state index in [4.69, 9.17) is 0 Å². The first-order valence-electron chi connectivity index (χ1n) is 10.8. The van der Waals surface area contributed by atoms with Gasteiger partial charge in [0.25, 0.3) is 5.91 Å². The smallest absolute Gasteiger partial charge is 0.258 e. The number of anilines is 2. The number of rotatable bonds is 4. The molecule has 164 valence electrons. The van der Waals surface area contributed by atoms with Crippen LogP contribution in [0.4, 0.5) is 16.0 Å². The molecule has 2 aromatic carbocycles. The van der Waals surface area contributed by atoms with Gasteiger partial charge in [-0.05, 0) is 23.8 Å². The molecular formula is C25H21FN6O. The number of amides is 1. The van der Waals surface area contributed by atoms with Gasteiger partial charge in [-0.3, -0.25) is 9.48 Å². The molecule has 1 amide bonds. The first kappa shape index (κ1) is 19.6. The van der Waals surface area contributed by atoms with E-state index >= 15 is 4.39 Å². The van der Waals surface area contributed by atoms with E-state index in [0.29, 0.717) is 24.5 Å². The normalized spacial score (nSPS) is 19.2. The highest BCUT2D eigenvalue weighted by atomic mass is 19.1. The predicted molar refractivity (Wildman–Crippen MR) is 122 cm³/mol. The minimum Gasteiger partial charge on any atom is -0.322 e. The number of carbonyl (C=O) groups excluding carboxylic acids is 1. The minimum atomic E-state index is -0.843. The fourth-order valence-corrected chi connectivity index (χ4v) is 4.91. The molecule has 6 rings (SSSR count). The summed E-state index contributed by atoms with van der Waals surface area (Å²) in [4.78, 5) is 26.2. The Kier molecular flexibility index (Phi) is 4.29. The van der Waals surface area contributed by atoms with Crippen LogP contribution < -0.4 is 9.80 Å². The third-order valence-corrected chi connectivity index (χ3v) is 6.61. The van der Waals surface area contributed by atoms with Crippen molar-refractivity contribution in [3.8, 4) is 11.1 Å². The molecule has 1 unspecified atom stereocenters. The van der Waals surface area contributed by atoms with Crippen LogP contribution in [-0.4, -0.2) is 32.2 Å². The number of aromatic nitrogens is 4. The lowest BCUT2D eigenvalue weighted by Crippen LogP contribution is -2.63. The van der Waals surface area contributed by atoms with Gasteiger partial charge >= 0.3 is 0 Å². The van der Waals surface area contributed by atoms with Gasteiger partial charge in [0.1, 0.15) is 5.82 Å². The summed E-state index contributed by atoms with van der Waals surface area (Å²) in [5.41, 5.74) is 2.94. The molecule has 2 aliphatic rings. The van der Waals surface area contributed by atoms with Crippen molar-refractivity contribution in [1.82, 2.24) is 19.7 Å². The predicted octanol–water partition coefficient (Wildman–Crippen LogP) is 3.67. The minimum absolute atomic E-state index is 0.0712. The summed E-state index contributed by atoms with van der Waals surface area (Å²) in [5, 5.41) is 4.15. The molecule has 4 aromatic rings. The Labute approximate surface area is 190 Å². The van der Waals surface area contributed by atoms with Crippen LogP contribution in [0.2, 0.25) is 0 Å². The summed E-state index contributed by atoms with van der Waals surface area (Å²) >= 11 is 0. The Morgan fingerprint density at radius 3 is 2.58 bits per heavy atom. The molecule has 0 N–H and O–H groups in total. The van der Waals surface area contributed by atoms with Gasteiger partial charge in [0.2, 0.25) is 5.95 Å². The van der Waals surface area contributed by atoms with Crippen LogP contribution >= 0.6 is 0 Å². The van der Waals surface area contributed by atoms with Crippen LogP contribution in [0.15, 0.2) is 73.3 Å². The first-order valence-corrected chi connectivity index (χ1v) is 10.8. The SMILES string of the molecule is Cn1cc(-c2ccc(CN3C(=O)C4(CCN4c4ncccn4)c4ccccc43)c(F)c2)cn1. The maximum Gasteiger partial charge on any atom is 0.258 e. The number of fused-ring (bicyclic) bond motifs is 2. The number of hydrogen-bond acceptors (Lipinski definition) is 5. The van der Waals surface area contributed by atoms with Gasteiger partial charge in [-0.15, -0.1) is 0 Å². The van der Waals surface area contributed by atoms with Crippen molar-refractivity contribution in [2.45, 2.75) is 18.5 Å². The summed E-state index contributed by atoms with van der Waals surface area (Å²) in [6, 6.07) is 14.6. The van der Waals surface area contributed by atoms with Crippen molar-refractivity contribution in [2.75, 3.05) is 16.3 Å². The highest BCUT2D eigenvalue weighted by Gasteiger charge is 2.60. The van der Waals surface area contributed by atoms with Gasteiger partial charge in [0.15, 0.2) is 5.54 Å². The maximum atomic E-state index is 15.1. The lowest BCUT2D eigenvalue weighted by molar-refractivity contribution is -0.125. The van der Waals surface area contributed by atoms with Crippen molar-refractivity contribution in [3.63, 3.8) is 0 Å². The van der Waals surface area contributed by atoms with Crippen molar-refractivity contribution < 1.29 is 9.18 Å². The third kappa shape index (κ3) is 2.87. The molecule has 0 saturated carbocycles. The lowest BCUT2D eigenvalue weighted by Gasteiger charge is -2.49. The highest BCUT2D eigenvalue weighted by Crippen LogP contribution is 2.52. The zero-order valence-electron chi connectivity index (χ0n) is 18.0. The van der Waals surface area contributed by atoms with E-state index in [1.165, 1.54) is 6.07 Å². The summed E-state index contributed by atoms with van der Waals surface area (Å²) in [5.74, 6) is 0.110. The molecule has 0 radical (unpaired) electrons. The van der Waals surface area contributed by atoms with Gasteiger partial charge < -0.3 is 9.80 Å². The largest absolute Gasteiger partial charge is 0.322 e. The fourth-order valence-electron chi connectivity index (χ4n) is 4.91. The van der Waals surface area contributed by atoms with Crippen molar-refractivity contribution in [2.24, 2.45) is 7.05 Å². The van der Waals surface area contributed by atoms with E-state index in [-0.39, 0.29) is 18.3 Å². The number of para-hydroxylation sites is 1. The average Bonchev–Trinajstić information content (AvgIpc) is 3.35. The zero-order chi connectivity index (χ0) is 22.6. The monoisotopic (exact) mass is 440 g/mol. The molecule has 1 fully saturated rings. The number of carbonyl (C=O) groups is 1. The molecule has 2 aromatic heterocycles. The Morgan fingerprint density at radius 1 is 1.06 bits per heavy atom. The van der Waals surface area contributed by atoms with Gasteiger partial charge in [0.05, 0.1) is 18.4 Å². The Balaban J connectivity index is 1.36. The second-order valence-electron chi connectivity index (χ2n) is 8.43. The molecule has 33 heavy (non-hydrogen) atoms. The third-order valence-electron chi connectivity index (χ3n) is 6.61. The van der Waals surface area contributed by atoms with E-state index in [0.717, 1.165) is 22.4 Å². The van der Waals surface area contributed by atoms with Crippen molar-refractivity contribution in [1.29, 1.82) is 0 Å². The van der Waals surface area contributed by atoms with Crippen LogP contribution in [-0.2, 0) is 23.9 Å². The Morgan fingerprint density at radius 2 is 1.88 bits per heavy atom. The van der Waals surface area contributed by atoms with E-state index in [9.17, 15) is 4.79 Å². The van der Waals surface area contributed by atoms with Gasteiger partial charge in [-0.2, -0.15) is 5.10 Å². The molecule has 0 bridgehead atoms. The fraction of sp³-hybridized carbons (Fsp3) is 0.200. The highest BCUT2D eigenvalue weighted by molar-refractivity contribution is 6.10. The van der Waals surface area contributed by atoms with Gasteiger partial charge in [-0.25, -0.2) is 14.4 Å². The van der Waals surface area contributed by atoms with E-state index in [1.54, 1.807) is 40.3 Å². The molecule has 2 aliphatic heterocycles. The Hall–Kier alpha value is -4.07. The van der Waals surface area contributed by atoms with Crippen LogP contribution in [0, 0.1) is 5.82 Å². The van der Waals surface area contributed by atoms with Crippen molar-refractivity contribution in [3.05, 3.63) is 90.3 Å². The van der Waals surface area contributed by atoms with Gasteiger partial charge in [0, 0.05) is 55.3 Å². The van der Waals surface area contributed by atoms with Crippen LogP contribution in [0.25, 0.3) is 11.1 Å². The molecule has 7 nitrogen and oxygen atoms in total. The number of halogens is 1. The zero-order valence-corrected chi connectivity index (χ0v) is 18.0. The van der Waals surface area contributed by atoms with E-state index < -0.39 is 5.54 Å². The Bertz CT molecular complexity index is 1370. The topological polar surface area (TPSA) is 67.2 Å². The summed E-state index contributed by atoms with van der Waals surface area (Å²) in [7, 11) is 1.82. The second kappa shape index (κ2) is 7.23. The van der Waals surface area contributed by atoms with E-state index in [1.807, 2.05) is 48.5 Å². The average molecular weight is 440 g/mol. The quantitative estimate of drug-likeness (QED) is 0.485. The summed E-state index contributed by atoms with van der Waals surface area (Å²) < 4.78 is 16.8. The molecular weight excluding hydrogens is 419 g/mol. The molecule has 0 aliphatic carbocycles. The molecule has 1 spiro atoms. The van der Waals surface area contributed by atoms with Crippen LogP contribution in [0.3, 0.4) is 0 Å². The maximum absolute atomic E-state index is 15.1. The molecule has 1 saturated heterocycles. The van der Waals surface area contributed by atoms with Gasteiger partial charge in [-0.1, -0.05) is 30.3 Å². The first-order chi connectivity index (χ1) is 16.1. The summed E-state index contributed by atoms with van der Waals surface area (Å²) in [6.07, 6.45) is 7.57. The molecule has 4 heterocycles. The molecule has 1 atom stereocenters. The number of aryl methyl sites for hydroxylation is 1. The number of hydrogen-bond donors (Lipinski definition) is 0. The second-order valence-corrected chi connectivity index (χ2v) is 8.43. The number of nitrogens with zero attached hydrogens (tertiary/aromatic N) is 6. The van der Waals surface area contributed by atoms with Crippen LogP contribution in [0.1, 0.15) is 17.5 Å². The standard InChI is InChI=1S/C25H21FN6O/c1-30-15-19(14-29-30)17-7-8-18(21(26)13-17)16-31-22-6-3-2-5-20(22)25(23(31)33)9-12-32(25)24-27-10-4-11-28-24/h2-8,10-11,13-15H,9,12,16H2,1H3. The molecule has 8 heteroatoms. The summed E-state index contributed by atoms with van der Waals surface area (Å²) in [6.45, 7) is 0.840. The van der Waals surface area contributed by atoms with E-state index in [2.05, 4.69) is 15.1 Å². The van der Waals surface area contributed by atoms with Crippen LogP contribution in [0.5, 0.6) is 0 Å². The van der Waals surface area contributed by atoms with Crippen molar-refractivity contribution >= 4 is 17.5 Å².